The molecular formula is C19H20ClNO2. The molecule has 3 nitrogen and oxygen atoms in total. The molecule has 2 aromatic carbocycles. The van der Waals surface area contributed by atoms with E-state index in [4.69, 9.17) is 16.3 Å². The third-order valence-corrected chi connectivity index (χ3v) is 3.63. The second kappa shape index (κ2) is 8.39. The molecule has 0 fully saturated rings. The van der Waals surface area contributed by atoms with E-state index < -0.39 is 0 Å². The van der Waals surface area contributed by atoms with Crippen molar-refractivity contribution in [2.45, 2.75) is 19.9 Å². The number of amides is 1. The molecule has 0 spiro atoms. The average molecular weight is 330 g/mol. The minimum Gasteiger partial charge on any atom is -0.491 e. The van der Waals surface area contributed by atoms with E-state index in [2.05, 4.69) is 5.32 Å². The Morgan fingerprint density at radius 2 is 1.91 bits per heavy atom. The number of rotatable bonds is 6. The number of ether oxygens (including phenoxy) is 1. The van der Waals surface area contributed by atoms with Crippen LogP contribution in [0.15, 0.2) is 54.6 Å². The number of halogens is 1. The van der Waals surface area contributed by atoms with Crippen LogP contribution in [0, 0.1) is 6.92 Å². The highest BCUT2D eigenvalue weighted by Gasteiger charge is 2.07. The van der Waals surface area contributed by atoms with E-state index >= 15 is 0 Å². The van der Waals surface area contributed by atoms with Crippen molar-refractivity contribution in [1.29, 1.82) is 0 Å². The third-order valence-electron chi connectivity index (χ3n) is 3.29. The van der Waals surface area contributed by atoms with Crippen molar-refractivity contribution in [2.75, 3.05) is 6.61 Å². The number of nitrogens with one attached hydrogen (secondary N) is 1. The summed E-state index contributed by atoms with van der Waals surface area (Å²) in [5.74, 6) is 0.658. The van der Waals surface area contributed by atoms with E-state index in [0.717, 1.165) is 16.9 Å². The van der Waals surface area contributed by atoms with E-state index in [1.54, 1.807) is 12.1 Å². The number of carbonyl (C=O) groups excluding carboxylic acids is 1. The summed E-state index contributed by atoms with van der Waals surface area (Å²) in [6, 6.07) is 15.1. The molecule has 0 unspecified atom stereocenters. The van der Waals surface area contributed by atoms with Crippen molar-refractivity contribution < 1.29 is 9.53 Å². The number of para-hydroxylation sites is 1. The van der Waals surface area contributed by atoms with E-state index in [0.29, 0.717) is 11.6 Å². The average Bonchev–Trinajstić information content (AvgIpc) is 2.53. The molecule has 0 saturated heterocycles. The van der Waals surface area contributed by atoms with Gasteiger partial charge in [-0.1, -0.05) is 48.0 Å². The summed E-state index contributed by atoms with van der Waals surface area (Å²) < 4.78 is 5.72. The first-order valence-corrected chi connectivity index (χ1v) is 7.85. The first-order valence-electron chi connectivity index (χ1n) is 7.48. The summed E-state index contributed by atoms with van der Waals surface area (Å²) in [7, 11) is 0. The van der Waals surface area contributed by atoms with Gasteiger partial charge in [0.1, 0.15) is 12.4 Å². The Kier molecular flexibility index (Phi) is 6.24. The fourth-order valence-corrected chi connectivity index (χ4v) is 2.24. The van der Waals surface area contributed by atoms with Gasteiger partial charge in [-0.05, 0) is 43.2 Å². The van der Waals surface area contributed by atoms with E-state index in [1.807, 2.05) is 56.3 Å². The van der Waals surface area contributed by atoms with Gasteiger partial charge in [0.05, 0.1) is 6.04 Å². The van der Waals surface area contributed by atoms with E-state index in [1.165, 1.54) is 6.08 Å². The van der Waals surface area contributed by atoms with E-state index in [9.17, 15) is 4.79 Å². The zero-order valence-electron chi connectivity index (χ0n) is 13.3. The maximum Gasteiger partial charge on any atom is 0.244 e. The highest BCUT2D eigenvalue weighted by atomic mass is 35.5. The summed E-state index contributed by atoms with van der Waals surface area (Å²) >= 11 is 6.04. The number of carbonyl (C=O) groups is 1. The molecule has 0 aliphatic heterocycles. The van der Waals surface area contributed by atoms with Gasteiger partial charge in [0.25, 0.3) is 0 Å². The van der Waals surface area contributed by atoms with Crippen LogP contribution in [0.5, 0.6) is 5.75 Å². The van der Waals surface area contributed by atoms with Crippen molar-refractivity contribution in [3.8, 4) is 5.75 Å². The maximum atomic E-state index is 11.9. The zero-order chi connectivity index (χ0) is 16.7. The standard InChI is InChI=1S/C19H20ClNO2/c1-14-7-3-6-10-18(14)23-13-15(2)21-19(22)12-11-16-8-4-5-9-17(16)20/h3-12,15H,13H2,1-2H3,(H,21,22)/b12-11+/t15-/m0/s1. The van der Waals surface area contributed by atoms with Crippen molar-refractivity contribution in [1.82, 2.24) is 5.32 Å². The molecule has 0 aliphatic carbocycles. The van der Waals surface area contributed by atoms with Crippen molar-refractivity contribution in [3.05, 3.63) is 70.8 Å². The van der Waals surface area contributed by atoms with Crippen LogP contribution in [-0.2, 0) is 4.79 Å². The van der Waals surface area contributed by atoms with Crippen LogP contribution in [0.4, 0.5) is 0 Å². The van der Waals surface area contributed by atoms with Crippen molar-refractivity contribution in [3.63, 3.8) is 0 Å². The summed E-state index contributed by atoms with van der Waals surface area (Å²) in [5.41, 5.74) is 1.89. The molecule has 1 atom stereocenters. The normalized spacial score (nSPS) is 12.1. The molecule has 0 aliphatic rings. The fraction of sp³-hybridized carbons (Fsp3) is 0.211. The summed E-state index contributed by atoms with van der Waals surface area (Å²) in [6.45, 7) is 4.31. The molecule has 4 heteroatoms. The molecule has 2 aromatic rings. The van der Waals surface area contributed by atoms with Gasteiger partial charge in [-0.2, -0.15) is 0 Å². The second-order valence-electron chi connectivity index (χ2n) is 5.34. The molecule has 1 amide bonds. The Balaban J connectivity index is 1.83. The minimum absolute atomic E-state index is 0.0991. The monoisotopic (exact) mass is 329 g/mol. The molecule has 1 N–H and O–H groups in total. The van der Waals surface area contributed by atoms with Crippen LogP contribution in [0.2, 0.25) is 5.02 Å². The van der Waals surface area contributed by atoms with Crippen LogP contribution in [0.1, 0.15) is 18.1 Å². The fourth-order valence-electron chi connectivity index (χ4n) is 2.04. The van der Waals surface area contributed by atoms with E-state index in [-0.39, 0.29) is 11.9 Å². The summed E-state index contributed by atoms with van der Waals surface area (Å²) in [6.07, 6.45) is 3.18. The molecule has 0 bridgehead atoms. The lowest BCUT2D eigenvalue weighted by Gasteiger charge is -2.15. The number of hydrogen-bond acceptors (Lipinski definition) is 2. The molecule has 2 rings (SSSR count). The Hall–Kier alpha value is -2.26. The highest BCUT2D eigenvalue weighted by Crippen LogP contribution is 2.17. The number of hydrogen-bond donors (Lipinski definition) is 1. The Morgan fingerprint density at radius 1 is 1.22 bits per heavy atom. The lowest BCUT2D eigenvalue weighted by molar-refractivity contribution is -0.117. The Morgan fingerprint density at radius 3 is 2.65 bits per heavy atom. The van der Waals surface area contributed by atoms with Crippen molar-refractivity contribution in [2.24, 2.45) is 0 Å². The lowest BCUT2D eigenvalue weighted by Crippen LogP contribution is -2.35. The quantitative estimate of drug-likeness (QED) is 0.805. The topological polar surface area (TPSA) is 38.3 Å². The molecule has 0 aromatic heterocycles. The highest BCUT2D eigenvalue weighted by molar-refractivity contribution is 6.32. The van der Waals surface area contributed by atoms with Gasteiger partial charge in [-0.25, -0.2) is 0 Å². The Labute approximate surface area is 141 Å². The summed E-state index contributed by atoms with van der Waals surface area (Å²) in [4.78, 5) is 11.9. The smallest absolute Gasteiger partial charge is 0.244 e. The van der Waals surface area contributed by atoms with Gasteiger partial charge in [-0.3, -0.25) is 4.79 Å². The largest absolute Gasteiger partial charge is 0.491 e. The van der Waals surface area contributed by atoms with Crippen molar-refractivity contribution >= 4 is 23.6 Å². The molecule has 0 saturated carbocycles. The molecule has 120 valence electrons. The predicted molar refractivity (Wildman–Crippen MR) is 94.8 cm³/mol. The van der Waals surface area contributed by atoms with Crippen LogP contribution < -0.4 is 10.1 Å². The molecular weight excluding hydrogens is 310 g/mol. The first-order chi connectivity index (χ1) is 11.1. The predicted octanol–water partition coefficient (Wildman–Crippen LogP) is 4.25. The molecule has 23 heavy (non-hydrogen) atoms. The van der Waals surface area contributed by atoms with Crippen LogP contribution in [-0.4, -0.2) is 18.6 Å². The Bertz CT molecular complexity index is 697. The van der Waals surface area contributed by atoms with Crippen LogP contribution >= 0.6 is 11.6 Å². The number of aryl methyl sites for hydroxylation is 1. The van der Waals surface area contributed by atoms with Gasteiger partial charge >= 0.3 is 0 Å². The third kappa shape index (κ3) is 5.46. The van der Waals surface area contributed by atoms with Crippen LogP contribution in [0.3, 0.4) is 0 Å². The van der Waals surface area contributed by atoms with Crippen LogP contribution in [0.25, 0.3) is 6.08 Å². The molecule has 0 radical (unpaired) electrons. The number of benzene rings is 2. The SMILES string of the molecule is Cc1ccccc1OC[C@H](C)NC(=O)/C=C/c1ccccc1Cl. The zero-order valence-corrected chi connectivity index (χ0v) is 14.0. The van der Waals surface area contributed by atoms with Gasteiger partial charge in [0.2, 0.25) is 5.91 Å². The lowest BCUT2D eigenvalue weighted by atomic mass is 10.2. The van der Waals surface area contributed by atoms with Gasteiger partial charge < -0.3 is 10.1 Å². The van der Waals surface area contributed by atoms with Gasteiger partial charge in [0.15, 0.2) is 0 Å². The van der Waals surface area contributed by atoms with Gasteiger partial charge in [0, 0.05) is 11.1 Å². The second-order valence-corrected chi connectivity index (χ2v) is 5.75. The first kappa shape index (κ1) is 17.1. The minimum atomic E-state index is -0.175. The molecule has 0 heterocycles. The van der Waals surface area contributed by atoms with Gasteiger partial charge in [-0.15, -0.1) is 0 Å². The summed E-state index contributed by atoms with van der Waals surface area (Å²) in [5, 5.41) is 3.48. The maximum absolute atomic E-state index is 11.9.